The third-order valence-electron chi connectivity index (χ3n) is 6.76. The van der Waals surface area contributed by atoms with Gasteiger partial charge in [-0.15, -0.1) is 0 Å². The van der Waals surface area contributed by atoms with Crippen LogP contribution in [0.4, 0.5) is 4.79 Å². The fourth-order valence-corrected chi connectivity index (χ4v) is 4.69. The Kier molecular flexibility index (Phi) is 9.29. The van der Waals surface area contributed by atoms with Gasteiger partial charge in [0.05, 0.1) is 0 Å². The van der Waals surface area contributed by atoms with Crippen LogP contribution in [0.5, 0.6) is 0 Å². The molecule has 2 atom stereocenters. The second kappa shape index (κ2) is 12.4. The fraction of sp³-hybridized carbons (Fsp3) is 0.464. The molecule has 188 valence electrons. The number of benzene rings is 2. The Hall–Kier alpha value is -3.35. The van der Waals surface area contributed by atoms with Crippen molar-refractivity contribution < 1.29 is 24.2 Å². The Labute approximate surface area is 207 Å². The number of hydrogen-bond acceptors (Lipinski definition) is 4. The van der Waals surface area contributed by atoms with Crippen LogP contribution in [0, 0.1) is 11.8 Å². The molecule has 3 rings (SSSR count). The van der Waals surface area contributed by atoms with Crippen molar-refractivity contribution in [3.63, 3.8) is 0 Å². The molecule has 0 spiro atoms. The van der Waals surface area contributed by atoms with Gasteiger partial charge in [0.25, 0.3) is 0 Å². The second-order valence-corrected chi connectivity index (χ2v) is 9.48. The quantitative estimate of drug-likeness (QED) is 0.399. The summed E-state index contributed by atoms with van der Waals surface area (Å²) in [5.41, 5.74) is 4.58. The molecule has 2 aromatic carbocycles. The van der Waals surface area contributed by atoms with Crippen molar-refractivity contribution in [2.24, 2.45) is 11.8 Å². The number of alkyl carbamates (subject to hydrolysis) is 1. The Bertz CT molecular complexity index is 990. The summed E-state index contributed by atoms with van der Waals surface area (Å²) in [5, 5.41) is 14.5. The van der Waals surface area contributed by atoms with Crippen molar-refractivity contribution in [1.29, 1.82) is 0 Å². The van der Waals surface area contributed by atoms with Gasteiger partial charge in [-0.1, -0.05) is 75.7 Å². The zero-order chi connectivity index (χ0) is 25.4. The first-order valence-electron chi connectivity index (χ1n) is 12.4. The molecule has 1 aliphatic rings. The highest BCUT2D eigenvalue weighted by Gasteiger charge is 2.30. The molecule has 2 amide bonds. The highest BCUT2D eigenvalue weighted by Crippen LogP contribution is 2.44. The van der Waals surface area contributed by atoms with Gasteiger partial charge in [0.15, 0.2) is 0 Å². The maximum absolute atomic E-state index is 12.8. The second-order valence-electron chi connectivity index (χ2n) is 9.48. The van der Waals surface area contributed by atoms with Gasteiger partial charge in [-0.3, -0.25) is 9.59 Å². The third kappa shape index (κ3) is 6.84. The summed E-state index contributed by atoms with van der Waals surface area (Å²) < 4.78 is 5.60. The van der Waals surface area contributed by atoms with Crippen LogP contribution < -0.4 is 10.6 Å². The topological polar surface area (TPSA) is 105 Å². The van der Waals surface area contributed by atoms with Crippen LogP contribution in [0.2, 0.25) is 0 Å². The molecular formula is C28H36N2O5. The Morgan fingerprint density at radius 2 is 1.57 bits per heavy atom. The molecule has 7 heteroatoms. The number of carbonyl (C=O) groups excluding carboxylic acids is 2. The Morgan fingerprint density at radius 3 is 2.11 bits per heavy atom. The van der Waals surface area contributed by atoms with Crippen molar-refractivity contribution in [1.82, 2.24) is 10.6 Å². The van der Waals surface area contributed by atoms with Crippen LogP contribution in [0.25, 0.3) is 11.1 Å². The SMILES string of the molecule is CCC(CCNC(=O)[C@H](NC(=O)OCC1c2ccccc2-c2ccccc21)C(C)C)CCC(=O)O. The monoisotopic (exact) mass is 480 g/mol. The molecule has 0 saturated carbocycles. The molecule has 0 aromatic heterocycles. The predicted octanol–water partition coefficient (Wildman–Crippen LogP) is 4.95. The summed E-state index contributed by atoms with van der Waals surface area (Å²) in [5.74, 6) is -0.999. The van der Waals surface area contributed by atoms with E-state index >= 15 is 0 Å². The van der Waals surface area contributed by atoms with Crippen molar-refractivity contribution in [3.8, 4) is 11.1 Å². The summed E-state index contributed by atoms with van der Waals surface area (Å²) in [6.45, 7) is 6.38. The van der Waals surface area contributed by atoms with Crippen molar-refractivity contribution >= 4 is 18.0 Å². The third-order valence-corrected chi connectivity index (χ3v) is 6.76. The van der Waals surface area contributed by atoms with Crippen LogP contribution in [-0.2, 0) is 14.3 Å². The lowest BCUT2D eigenvalue weighted by atomic mass is 9.96. The van der Waals surface area contributed by atoms with Crippen molar-refractivity contribution in [2.75, 3.05) is 13.2 Å². The van der Waals surface area contributed by atoms with E-state index in [9.17, 15) is 14.4 Å². The van der Waals surface area contributed by atoms with E-state index in [0.29, 0.717) is 19.4 Å². The van der Waals surface area contributed by atoms with Gasteiger partial charge in [0.2, 0.25) is 5.91 Å². The zero-order valence-corrected chi connectivity index (χ0v) is 20.8. The van der Waals surface area contributed by atoms with Gasteiger partial charge in [-0.25, -0.2) is 4.79 Å². The maximum atomic E-state index is 12.8. The summed E-state index contributed by atoms with van der Waals surface area (Å²) in [7, 11) is 0. The van der Waals surface area contributed by atoms with Gasteiger partial charge in [0.1, 0.15) is 12.6 Å². The molecule has 35 heavy (non-hydrogen) atoms. The predicted molar refractivity (Wildman–Crippen MR) is 135 cm³/mol. The molecular weight excluding hydrogens is 444 g/mol. The Balaban J connectivity index is 1.53. The van der Waals surface area contributed by atoms with E-state index in [1.165, 1.54) is 0 Å². The highest BCUT2D eigenvalue weighted by molar-refractivity contribution is 5.86. The summed E-state index contributed by atoms with van der Waals surface area (Å²) in [4.78, 5) is 36.2. The van der Waals surface area contributed by atoms with Gasteiger partial charge in [-0.05, 0) is 46.9 Å². The average Bonchev–Trinajstić information content (AvgIpc) is 3.16. The number of fused-ring (bicyclic) bond motifs is 3. The van der Waals surface area contributed by atoms with E-state index in [2.05, 4.69) is 34.9 Å². The zero-order valence-electron chi connectivity index (χ0n) is 20.8. The normalized spacial score (nSPS) is 14.1. The molecule has 3 N–H and O–H groups in total. The summed E-state index contributed by atoms with van der Waals surface area (Å²) >= 11 is 0. The number of ether oxygens (including phenoxy) is 1. The molecule has 0 aliphatic heterocycles. The fourth-order valence-electron chi connectivity index (χ4n) is 4.69. The molecule has 7 nitrogen and oxygen atoms in total. The minimum absolute atomic E-state index is 0.0451. The van der Waals surface area contributed by atoms with Gasteiger partial charge >= 0.3 is 12.1 Å². The number of carboxylic acids is 1. The van der Waals surface area contributed by atoms with E-state index in [0.717, 1.165) is 28.7 Å². The molecule has 1 unspecified atom stereocenters. The van der Waals surface area contributed by atoms with Crippen LogP contribution in [0.15, 0.2) is 48.5 Å². The van der Waals surface area contributed by atoms with Crippen molar-refractivity contribution in [2.45, 2.75) is 58.4 Å². The minimum Gasteiger partial charge on any atom is -0.481 e. The molecule has 0 fully saturated rings. The van der Waals surface area contributed by atoms with Crippen LogP contribution in [-0.4, -0.2) is 42.3 Å². The molecule has 0 bridgehead atoms. The van der Waals surface area contributed by atoms with Gasteiger partial charge < -0.3 is 20.5 Å². The van der Waals surface area contributed by atoms with E-state index < -0.39 is 18.1 Å². The number of carbonyl (C=O) groups is 3. The Morgan fingerprint density at radius 1 is 0.971 bits per heavy atom. The molecule has 2 aromatic rings. The standard InChI is InChI=1S/C28H36N2O5/c1-4-19(13-14-25(31)32)15-16-29-27(33)26(18(2)3)30-28(34)35-17-24-22-11-7-5-9-20(22)21-10-6-8-12-23(21)24/h5-12,18-19,24,26H,4,13-17H2,1-3H3,(H,29,33)(H,30,34)(H,31,32)/t19?,26-/m1/s1. The molecule has 1 aliphatic carbocycles. The lowest BCUT2D eigenvalue weighted by Gasteiger charge is -2.23. The van der Waals surface area contributed by atoms with E-state index in [4.69, 9.17) is 9.84 Å². The van der Waals surface area contributed by atoms with Crippen LogP contribution in [0.1, 0.15) is 63.5 Å². The first-order valence-corrected chi connectivity index (χ1v) is 12.4. The molecule has 0 radical (unpaired) electrons. The van der Waals surface area contributed by atoms with E-state index in [-0.39, 0.29) is 36.7 Å². The summed E-state index contributed by atoms with van der Waals surface area (Å²) in [6, 6.07) is 15.6. The van der Waals surface area contributed by atoms with Crippen LogP contribution in [0.3, 0.4) is 0 Å². The minimum atomic E-state index is -0.806. The van der Waals surface area contributed by atoms with Crippen LogP contribution >= 0.6 is 0 Å². The molecule has 0 saturated heterocycles. The van der Waals surface area contributed by atoms with E-state index in [1.807, 2.05) is 45.0 Å². The first kappa shape index (κ1) is 26.3. The largest absolute Gasteiger partial charge is 0.481 e. The van der Waals surface area contributed by atoms with Crippen molar-refractivity contribution in [3.05, 3.63) is 59.7 Å². The van der Waals surface area contributed by atoms with Gasteiger partial charge in [0, 0.05) is 18.9 Å². The number of amides is 2. The maximum Gasteiger partial charge on any atom is 0.407 e. The summed E-state index contributed by atoms with van der Waals surface area (Å²) in [6.07, 6.45) is 1.66. The van der Waals surface area contributed by atoms with E-state index in [1.54, 1.807) is 0 Å². The lowest BCUT2D eigenvalue weighted by Crippen LogP contribution is -2.50. The smallest absolute Gasteiger partial charge is 0.407 e. The number of aliphatic carboxylic acids is 1. The number of rotatable bonds is 12. The van der Waals surface area contributed by atoms with Gasteiger partial charge in [-0.2, -0.15) is 0 Å². The number of hydrogen-bond donors (Lipinski definition) is 3. The average molecular weight is 481 g/mol. The number of nitrogens with one attached hydrogen (secondary N) is 2. The number of carboxylic acid groups (broad SMARTS) is 1. The molecule has 0 heterocycles. The first-order chi connectivity index (χ1) is 16.8. The highest BCUT2D eigenvalue weighted by atomic mass is 16.5. The lowest BCUT2D eigenvalue weighted by molar-refractivity contribution is -0.137.